The Hall–Kier alpha value is -3.07. The summed E-state index contributed by atoms with van der Waals surface area (Å²) in [7, 11) is 0. The van der Waals surface area contributed by atoms with Crippen molar-refractivity contribution >= 4 is 32.9 Å². The lowest BCUT2D eigenvalue weighted by atomic mass is 10.1. The molecule has 0 bridgehead atoms. The summed E-state index contributed by atoms with van der Waals surface area (Å²) in [5.74, 6) is 0.661. The number of H-pyrrole nitrogens is 1. The van der Waals surface area contributed by atoms with Gasteiger partial charge in [0.15, 0.2) is 5.58 Å². The molecule has 0 aliphatic heterocycles. The minimum atomic E-state index is 0.661. The number of oxazole rings is 1. The SMILES string of the molecule is Cc1ccc2[nH]c3cc4nc(-c5ccccc5)oc4cc3c2c1. The quantitative estimate of drug-likeness (QED) is 0.448. The number of nitrogens with zero attached hydrogens (tertiary/aromatic N) is 1. The van der Waals surface area contributed by atoms with E-state index < -0.39 is 0 Å². The van der Waals surface area contributed by atoms with Crippen LogP contribution in [-0.4, -0.2) is 9.97 Å². The van der Waals surface area contributed by atoms with Crippen molar-refractivity contribution in [3.8, 4) is 11.5 Å². The summed E-state index contributed by atoms with van der Waals surface area (Å²) < 4.78 is 5.99. The first kappa shape index (κ1) is 12.5. The molecule has 0 atom stereocenters. The molecular weight excluding hydrogens is 284 g/mol. The third-order valence-corrected chi connectivity index (χ3v) is 4.28. The van der Waals surface area contributed by atoms with Crippen LogP contribution < -0.4 is 0 Å². The summed E-state index contributed by atoms with van der Waals surface area (Å²) in [6, 6.07) is 20.6. The van der Waals surface area contributed by atoms with E-state index in [2.05, 4.69) is 47.2 Å². The van der Waals surface area contributed by atoms with Crippen LogP contribution in [-0.2, 0) is 0 Å². The molecule has 3 heteroatoms. The van der Waals surface area contributed by atoms with Crippen molar-refractivity contribution < 1.29 is 4.42 Å². The van der Waals surface area contributed by atoms with E-state index in [0.717, 1.165) is 27.7 Å². The molecule has 3 nitrogen and oxygen atoms in total. The van der Waals surface area contributed by atoms with Crippen molar-refractivity contribution in [1.29, 1.82) is 0 Å². The maximum atomic E-state index is 5.99. The van der Waals surface area contributed by atoms with Gasteiger partial charge in [-0.05, 0) is 43.3 Å². The predicted molar refractivity (Wildman–Crippen MR) is 93.5 cm³/mol. The molecule has 0 aliphatic rings. The van der Waals surface area contributed by atoms with Crippen LogP contribution in [0.5, 0.6) is 0 Å². The lowest BCUT2D eigenvalue weighted by Gasteiger charge is -1.93. The summed E-state index contributed by atoms with van der Waals surface area (Å²) >= 11 is 0. The van der Waals surface area contributed by atoms with Gasteiger partial charge in [0.05, 0.1) is 0 Å². The Morgan fingerprint density at radius 1 is 0.870 bits per heavy atom. The number of aryl methyl sites for hydroxylation is 1. The van der Waals surface area contributed by atoms with Crippen LogP contribution in [0.1, 0.15) is 5.56 Å². The summed E-state index contributed by atoms with van der Waals surface area (Å²) in [5, 5.41) is 2.39. The van der Waals surface area contributed by atoms with Gasteiger partial charge in [-0.25, -0.2) is 4.98 Å². The van der Waals surface area contributed by atoms with Gasteiger partial charge in [0.2, 0.25) is 5.89 Å². The topological polar surface area (TPSA) is 41.8 Å². The zero-order valence-corrected chi connectivity index (χ0v) is 12.6. The summed E-state index contributed by atoms with van der Waals surface area (Å²) in [6.45, 7) is 2.11. The number of benzene rings is 3. The molecule has 0 saturated carbocycles. The van der Waals surface area contributed by atoms with E-state index in [9.17, 15) is 0 Å². The molecule has 23 heavy (non-hydrogen) atoms. The van der Waals surface area contributed by atoms with E-state index >= 15 is 0 Å². The number of aromatic nitrogens is 2. The molecule has 2 aromatic heterocycles. The van der Waals surface area contributed by atoms with E-state index in [4.69, 9.17) is 4.42 Å². The van der Waals surface area contributed by atoms with Gasteiger partial charge in [0.25, 0.3) is 0 Å². The minimum Gasteiger partial charge on any atom is -0.436 e. The Bertz CT molecular complexity index is 1170. The van der Waals surface area contributed by atoms with Crippen molar-refractivity contribution in [2.75, 3.05) is 0 Å². The molecule has 0 unspecified atom stereocenters. The van der Waals surface area contributed by atoms with E-state index in [1.807, 2.05) is 30.3 Å². The molecule has 110 valence electrons. The smallest absolute Gasteiger partial charge is 0.227 e. The zero-order valence-electron chi connectivity index (χ0n) is 12.6. The van der Waals surface area contributed by atoms with Crippen molar-refractivity contribution in [3.63, 3.8) is 0 Å². The van der Waals surface area contributed by atoms with Crippen molar-refractivity contribution in [2.45, 2.75) is 6.92 Å². The zero-order chi connectivity index (χ0) is 15.4. The standard InChI is InChI=1S/C20H14N2O/c1-12-7-8-16-14(9-12)15-10-19-18(11-17(15)21-16)22-20(23-19)13-5-3-2-4-6-13/h2-11,21H,1H3. The summed E-state index contributed by atoms with van der Waals surface area (Å²) in [5.41, 5.74) is 6.17. The Balaban J connectivity index is 1.80. The molecule has 0 radical (unpaired) electrons. The second-order valence-electron chi connectivity index (χ2n) is 5.92. The molecule has 0 fully saturated rings. The van der Waals surface area contributed by atoms with E-state index in [-0.39, 0.29) is 0 Å². The van der Waals surface area contributed by atoms with Crippen LogP contribution in [0.4, 0.5) is 0 Å². The largest absolute Gasteiger partial charge is 0.436 e. The molecule has 1 N–H and O–H groups in total. The molecule has 5 rings (SSSR count). The monoisotopic (exact) mass is 298 g/mol. The van der Waals surface area contributed by atoms with Crippen molar-refractivity contribution in [3.05, 3.63) is 66.2 Å². The molecule has 3 aromatic carbocycles. The van der Waals surface area contributed by atoms with Crippen LogP contribution in [0.15, 0.2) is 65.1 Å². The van der Waals surface area contributed by atoms with E-state index in [0.29, 0.717) is 5.89 Å². The van der Waals surface area contributed by atoms with Gasteiger partial charge in [0, 0.05) is 27.4 Å². The van der Waals surface area contributed by atoms with Crippen LogP contribution in [0, 0.1) is 6.92 Å². The molecular formula is C20H14N2O. The first-order valence-corrected chi connectivity index (χ1v) is 7.66. The second kappa shape index (κ2) is 4.46. The van der Waals surface area contributed by atoms with Crippen LogP contribution in [0.2, 0.25) is 0 Å². The van der Waals surface area contributed by atoms with Crippen LogP contribution >= 0.6 is 0 Å². The molecule has 2 heterocycles. The number of nitrogens with one attached hydrogen (secondary N) is 1. The maximum absolute atomic E-state index is 5.99. The van der Waals surface area contributed by atoms with E-state index in [1.54, 1.807) is 0 Å². The van der Waals surface area contributed by atoms with Gasteiger partial charge in [-0.1, -0.05) is 29.8 Å². The molecule has 0 saturated heterocycles. The summed E-state index contributed by atoms with van der Waals surface area (Å²) in [6.07, 6.45) is 0. The Morgan fingerprint density at radius 3 is 2.57 bits per heavy atom. The number of rotatable bonds is 1. The maximum Gasteiger partial charge on any atom is 0.227 e. The van der Waals surface area contributed by atoms with Gasteiger partial charge < -0.3 is 9.40 Å². The number of hydrogen-bond donors (Lipinski definition) is 1. The molecule has 0 aliphatic carbocycles. The van der Waals surface area contributed by atoms with Crippen molar-refractivity contribution in [2.24, 2.45) is 0 Å². The normalized spacial score (nSPS) is 11.7. The van der Waals surface area contributed by atoms with Gasteiger partial charge in [0.1, 0.15) is 5.52 Å². The fourth-order valence-electron chi connectivity index (χ4n) is 3.14. The third kappa shape index (κ3) is 1.87. The van der Waals surface area contributed by atoms with Gasteiger partial charge in [-0.2, -0.15) is 0 Å². The average Bonchev–Trinajstić information content (AvgIpc) is 3.14. The highest BCUT2D eigenvalue weighted by Crippen LogP contribution is 2.32. The van der Waals surface area contributed by atoms with Crippen LogP contribution in [0.3, 0.4) is 0 Å². The molecule has 5 aromatic rings. The highest BCUT2D eigenvalue weighted by molar-refractivity contribution is 6.11. The fourth-order valence-corrected chi connectivity index (χ4v) is 3.14. The third-order valence-electron chi connectivity index (χ3n) is 4.28. The number of fused-ring (bicyclic) bond motifs is 4. The van der Waals surface area contributed by atoms with Crippen LogP contribution in [0.25, 0.3) is 44.4 Å². The summed E-state index contributed by atoms with van der Waals surface area (Å²) in [4.78, 5) is 8.10. The van der Waals surface area contributed by atoms with Gasteiger partial charge >= 0.3 is 0 Å². The fraction of sp³-hybridized carbons (Fsp3) is 0.0500. The number of hydrogen-bond acceptors (Lipinski definition) is 2. The Morgan fingerprint density at radius 2 is 1.70 bits per heavy atom. The van der Waals surface area contributed by atoms with Gasteiger partial charge in [-0.15, -0.1) is 0 Å². The lowest BCUT2D eigenvalue weighted by Crippen LogP contribution is -1.74. The average molecular weight is 298 g/mol. The van der Waals surface area contributed by atoms with Gasteiger partial charge in [-0.3, -0.25) is 0 Å². The highest BCUT2D eigenvalue weighted by atomic mass is 16.3. The highest BCUT2D eigenvalue weighted by Gasteiger charge is 2.12. The minimum absolute atomic E-state index is 0.661. The molecule has 0 amide bonds. The predicted octanol–water partition coefficient (Wildman–Crippen LogP) is 5.44. The van der Waals surface area contributed by atoms with Crippen molar-refractivity contribution in [1.82, 2.24) is 9.97 Å². The Kier molecular flexibility index (Phi) is 2.42. The first-order chi connectivity index (χ1) is 11.3. The lowest BCUT2D eigenvalue weighted by molar-refractivity contribution is 0.620. The molecule has 0 spiro atoms. The first-order valence-electron chi connectivity index (χ1n) is 7.66. The second-order valence-corrected chi connectivity index (χ2v) is 5.92. The number of aromatic amines is 1. The Labute approximate surface area is 132 Å². The van der Waals surface area contributed by atoms with E-state index in [1.165, 1.54) is 16.3 Å².